The second-order valence-corrected chi connectivity index (χ2v) is 4.44. The SMILES string of the molecule is CC(CCl)C(=O)NC(CO)Cc1ccccc1. The van der Waals surface area contributed by atoms with Gasteiger partial charge < -0.3 is 10.4 Å². The zero-order valence-electron chi connectivity index (χ0n) is 9.90. The molecule has 0 bridgehead atoms. The molecule has 0 aromatic heterocycles. The number of aliphatic hydroxyl groups is 1. The predicted molar refractivity (Wildman–Crippen MR) is 69.0 cm³/mol. The maximum atomic E-state index is 11.6. The Morgan fingerprint density at radius 1 is 1.41 bits per heavy atom. The van der Waals surface area contributed by atoms with Gasteiger partial charge in [-0.3, -0.25) is 4.79 Å². The van der Waals surface area contributed by atoms with Crippen LogP contribution in [0, 0.1) is 5.92 Å². The Morgan fingerprint density at radius 3 is 2.59 bits per heavy atom. The van der Waals surface area contributed by atoms with Crippen LogP contribution >= 0.6 is 11.6 Å². The first kappa shape index (κ1) is 14.0. The third-order valence-electron chi connectivity index (χ3n) is 2.57. The van der Waals surface area contributed by atoms with Gasteiger partial charge in [-0.25, -0.2) is 0 Å². The molecule has 2 unspecified atom stereocenters. The molecule has 3 nitrogen and oxygen atoms in total. The van der Waals surface area contributed by atoms with Crippen LogP contribution in [0.3, 0.4) is 0 Å². The molecule has 1 amide bonds. The molecule has 0 spiro atoms. The van der Waals surface area contributed by atoms with Gasteiger partial charge in [-0.2, -0.15) is 0 Å². The first-order valence-corrected chi connectivity index (χ1v) is 6.22. The van der Waals surface area contributed by atoms with Crippen molar-refractivity contribution in [1.82, 2.24) is 5.32 Å². The minimum Gasteiger partial charge on any atom is -0.394 e. The monoisotopic (exact) mass is 255 g/mol. The van der Waals surface area contributed by atoms with Gasteiger partial charge in [0.1, 0.15) is 0 Å². The molecule has 0 aliphatic carbocycles. The molecule has 0 fully saturated rings. The molecule has 4 heteroatoms. The van der Waals surface area contributed by atoms with Gasteiger partial charge in [0.05, 0.1) is 12.6 Å². The van der Waals surface area contributed by atoms with Crippen LogP contribution in [-0.4, -0.2) is 29.5 Å². The largest absolute Gasteiger partial charge is 0.394 e. The highest BCUT2D eigenvalue weighted by molar-refractivity contribution is 6.19. The van der Waals surface area contributed by atoms with Crippen LogP contribution in [0.4, 0.5) is 0 Å². The van der Waals surface area contributed by atoms with Crippen LogP contribution in [0.15, 0.2) is 30.3 Å². The Morgan fingerprint density at radius 2 is 2.06 bits per heavy atom. The molecule has 0 saturated carbocycles. The zero-order chi connectivity index (χ0) is 12.7. The lowest BCUT2D eigenvalue weighted by molar-refractivity contribution is -0.124. The lowest BCUT2D eigenvalue weighted by Gasteiger charge is -2.18. The van der Waals surface area contributed by atoms with E-state index >= 15 is 0 Å². The fraction of sp³-hybridized carbons (Fsp3) is 0.462. The molecule has 1 aromatic carbocycles. The van der Waals surface area contributed by atoms with E-state index in [1.54, 1.807) is 6.92 Å². The highest BCUT2D eigenvalue weighted by atomic mass is 35.5. The minimum absolute atomic E-state index is 0.0738. The smallest absolute Gasteiger partial charge is 0.224 e. The summed E-state index contributed by atoms with van der Waals surface area (Å²) >= 11 is 5.61. The van der Waals surface area contributed by atoms with Gasteiger partial charge in [0.15, 0.2) is 0 Å². The second kappa shape index (κ2) is 7.30. The van der Waals surface area contributed by atoms with Crippen molar-refractivity contribution in [2.24, 2.45) is 5.92 Å². The highest BCUT2D eigenvalue weighted by Gasteiger charge is 2.16. The Labute approximate surface area is 107 Å². The number of alkyl halides is 1. The summed E-state index contributed by atoms with van der Waals surface area (Å²) in [5.41, 5.74) is 1.09. The molecule has 94 valence electrons. The third-order valence-corrected chi connectivity index (χ3v) is 3.03. The van der Waals surface area contributed by atoms with Gasteiger partial charge in [0.25, 0.3) is 0 Å². The minimum atomic E-state index is -0.254. The number of nitrogens with one attached hydrogen (secondary N) is 1. The van der Waals surface area contributed by atoms with Gasteiger partial charge in [0.2, 0.25) is 5.91 Å². The number of hydrogen-bond donors (Lipinski definition) is 2. The standard InChI is InChI=1S/C13H18ClNO2/c1-10(8-14)13(17)15-12(9-16)7-11-5-3-2-4-6-11/h2-6,10,12,16H,7-9H2,1H3,(H,15,17). The second-order valence-electron chi connectivity index (χ2n) is 4.13. The van der Waals surface area contributed by atoms with Crippen molar-refractivity contribution in [3.8, 4) is 0 Å². The third kappa shape index (κ3) is 4.75. The van der Waals surface area contributed by atoms with Crippen LogP contribution < -0.4 is 5.32 Å². The molecule has 0 heterocycles. The van der Waals surface area contributed by atoms with Crippen LogP contribution in [-0.2, 0) is 11.2 Å². The van der Waals surface area contributed by atoms with Gasteiger partial charge in [-0.05, 0) is 12.0 Å². The Kier molecular flexibility index (Phi) is 6.01. The van der Waals surface area contributed by atoms with Crippen molar-refractivity contribution in [2.45, 2.75) is 19.4 Å². The molecular weight excluding hydrogens is 238 g/mol. The van der Waals surface area contributed by atoms with E-state index in [-0.39, 0.29) is 30.4 Å². The maximum Gasteiger partial charge on any atom is 0.224 e. The fourth-order valence-corrected chi connectivity index (χ4v) is 1.61. The lowest BCUT2D eigenvalue weighted by atomic mass is 10.1. The van der Waals surface area contributed by atoms with Crippen molar-refractivity contribution in [3.05, 3.63) is 35.9 Å². The Hall–Kier alpha value is -1.06. The normalized spacial score (nSPS) is 14.1. The van der Waals surface area contributed by atoms with Crippen molar-refractivity contribution in [1.29, 1.82) is 0 Å². The summed E-state index contributed by atoms with van der Waals surface area (Å²) in [4.78, 5) is 11.6. The van der Waals surface area contributed by atoms with Crippen LogP contribution in [0.25, 0.3) is 0 Å². The number of carbonyl (C=O) groups excluding carboxylic acids is 1. The first-order valence-electron chi connectivity index (χ1n) is 5.68. The Balaban J connectivity index is 2.52. The maximum absolute atomic E-state index is 11.6. The average molecular weight is 256 g/mol. The summed E-state index contributed by atoms with van der Waals surface area (Å²) in [5, 5.41) is 12.0. The van der Waals surface area contributed by atoms with Crippen LogP contribution in [0.2, 0.25) is 0 Å². The Bertz CT molecular complexity index is 343. The molecule has 0 aliphatic rings. The fourth-order valence-electron chi connectivity index (χ4n) is 1.47. The lowest BCUT2D eigenvalue weighted by Crippen LogP contribution is -2.42. The van der Waals surface area contributed by atoms with E-state index in [0.29, 0.717) is 6.42 Å². The molecule has 2 atom stereocenters. The molecule has 1 aromatic rings. The summed E-state index contributed by atoms with van der Waals surface area (Å²) in [6.45, 7) is 1.69. The first-order chi connectivity index (χ1) is 8.17. The number of carbonyl (C=O) groups is 1. The molecule has 2 N–H and O–H groups in total. The molecule has 17 heavy (non-hydrogen) atoms. The molecule has 0 aliphatic heterocycles. The van der Waals surface area contributed by atoms with E-state index < -0.39 is 0 Å². The van der Waals surface area contributed by atoms with E-state index in [0.717, 1.165) is 5.56 Å². The van der Waals surface area contributed by atoms with E-state index in [2.05, 4.69) is 5.32 Å². The summed E-state index contributed by atoms with van der Waals surface area (Å²) in [5.74, 6) is -0.0635. The predicted octanol–water partition coefficient (Wildman–Crippen LogP) is 1.58. The number of hydrogen-bond acceptors (Lipinski definition) is 2. The molecular formula is C13H18ClNO2. The highest BCUT2D eigenvalue weighted by Crippen LogP contribution is 2.04. The van der Waals surface area contributed by atoms with Crippen molar-refractivity contribution >= 4 is 17.5 Å². The van der Waals surface area contributed by atoms with Crippen molar-refractivity contribution in [2.75, 3.05) is 12.5 Å². The van der Waals surface area contributed by atoms with E-state index in [4.69, 9.17) is 11.6 Å². The van der Waals surface area contributed by atoms with Gasteiger partial charge in [0, 0.05) is 11.8 Å². The average Bonchev–Trinajstić information content (AvgIpc) is 2.38. The van der Waals surface area contributed by atoms with E-state index in [9.17, 15) is 9.90 Å². The molecule has 0 saturated heterocycles. The summed E-state index contributed by atoms with van der Waals surface area (Å²) in [6.07, 6.45) is 0.623. The van der Waals surface area contributed by atoms with E-state index in [1.165, 1.54) is 0 Å². The summed E-state index contributed by atoms with van der Waals surface area (Å²) in [6, 6.07) is 9.50. The molecule has 1 rings (SSSR count). The van der Waals surface area contributed by atoms with Crippen molar-refractivity contribution in [3.63, 3.8) is 0 Å². The van der Waals surface area contributed by atoms with Gasteiger partial charge >= 0.3 is 0 Å². The van der Waals surface area contributed by atoms with Gasteiger partial charge in [-0.15, -0.1) is 11.6 Å². The topological polar surface area (TPSA) is 49.3 Å². The van der Waals surface area contributed by atoms with Crippen LogP contribution in [0.5, 0.6) is 0 Å². The number of halogens is 1. The quantitative estimate of drug-likeness (QED) is 0.759. The van der Waals surface area contributed by atoms with E-state index in [1.807, 2.05) is 30.3 Å². The number of amides is 1. The number of rotatable bonds is 6. The summed E-state index contributed by atoms with van der Waals surface area (Å²) < 4.78 is 0. The summed E-state index contributed by atoms with van der Waals surface area (Å²) in [7, 11) is 0. The number of benzene rings is 1. The van der Waals surface area contributed by atoms with Crippen LogP contribution in [0.1, 0.15) is 12.5 Å². The van der Waals surface area contributed by atoms with Gasteiger partial charge in [-0.1, -0.05) is 37.3 Å². The zero-order valence-corrected chi connectivity index (χ0v) is 10.7. The molecule has 0 radical (unpaired) electrons. The van der Waals surface area contributed by atoms with Crippen molar-refractivity contribution < 1.29 is 9.90 Å². The number of aliphatic hydroxyl groups excluding tert-OH is 1.